The van der Waals surface area contributed by atoms with Gasteiger partial charge in [-0.1, -0.05) is 38.1 Å². The molecule has 1 aliphatic carbocycles. The first-order valence-electron chi connectivity index (χ1n) is 7.53. The van der Waals surface area contributed by atoms with Gasteiger partial charge in [-0.2, -0.15) is 0 Å². The van der Waals surface area contributed by atoms with Crippen molar-refractivity contribution in [3.63, 3.8) is 0 Å². The Morgan fingerprint density at radius 2 is 1.74 bits per heavy atom. The Labute approximate surface area is 116 Å². The molecule has 0 amide bonds. The molecule has 0 atom stereocenters. The molecule has 0 N–H and O–H groups in total. The van der Waals surface area contributed by atoms with Crippen molar-refractivity contribution in [3.8, 4) is 0 Å². The molecule has 1 aromatic carbocycles. The van der Waals surface area contributed by atoms with Gasteiger partial charge in [-0.05, 0) is 35.8 Å². The lowest BCUT2D eigenvalue weighted by atomic mass is 9.69. The Bertz CT molecular complexity index is 436. The summed E-state index contributed by atoms with van der Waals surface area (Å²) in [6.45, 7) is 6.14. The Morgan fingerprint density at radius 1 is 1.05 bits per heavy atom. The number of rotatable bonds is 2. The first kappa shape index (κ1) is 13.1. The summed E-state index contributed by atoms with van der Waals surface area (Å²) in [5, 5.41) is 0. The van der Waals surface area contributed by atoms with Crippen LogP contribution < -0.4 is 0 Å². The molecule has 1 spiro atoms. The second-order valence-corrected chi connectivity index (χ2v) is 6.22. The van der Waals surface area contributed by atoms with Gasteiger partial charge in [0.25, 0.3) is 0 Å². The predicted octanol–water partition coefficient (Wildman–Crippen LogP) is 3.82. The van der Waals surface area contributed by atoms with Crippen LogP contribution in [0.25, 0.3) is 0 Å². The zero-order chi connectivity index (χ0) is 13.3. The van der Waals surface area contributed by atoms with E-state index in [0.29, 0.717) is 0 Å². The monoisotopic (exact) mass is 260 g/mol. The minimum Gasteiger partial charge on any atom is -0.348 e. The second kappa shape index (κ2) is 4.92. The summed E-state index contributed by atoms with van der Waals surface area (Å²) in [4.78, 5) is 0. The molecule has 104 valence electrons. The molecule has 0 radical (unpaired) electrons. The Morgan fingerprint density at radius 3 is 2.37 bits per heavy atom. The van der Waals surface area contributed by atoms with Crippen molar-refractivity contribution >= 4 is 0 Å². The number of hydrogen-bond acceptors (Lipinski definition) is 2. The topological polar surface area (TPSA) is 18.5 Å². The van der Waals surface area contributed by atoms with Crippen molar-refractivity contribution in [3.05, 3.63) is 35.4 Å². The summed E-state index contributed by atoms with van der Waals surface area (Å²) in [6.07, 6.45) is 5.47. The highest BCUT2D eigenvalue weighted by Gasteiger charge is 2.44. The highest BCUT2D eigenvalue weighted by molar-refractivity contribution is 5.30. The minimum absolute atomic E-state index is 0.248. The van der Waals surface area contributed by atoms with Crippen LogP contribution in [0.15, 0.2) is 24.3 Å². The molecule has 1 saturated heterocycles. The van der Waals surface area contributed by atoms with Crippen molar-refractivity contribution in [1.29, 1.82) is 0 Å². The van der Waals surface area contributed by atoms with Crippen LogP contribution in [0, 0.1) is 0 Å². The molecule has 1 aromatic rings. The van der Waals surface area contributed by atoms with Gasteiger partial charge in [-0.15, -0.1) is 0 Å². The van der Waals surface area contributed by atoms with Crippen LogP contribution in [0.5, 0.6) is 0 Å². The molecule has 1 saturated carbocycles. The van der Waals surface area contributed by atoms with Crippen LogP contribution in [0.1, 0.15) is 50.7 Å². The summed E-state index contributed by atoms with van der Waals surface area (Å²) in [7, 11) is 0. The van der Waals surface area contributed by atoms with E-state index in [9.17, 15) is 0 Å². The van der Waals surface area contributed by atoms with E-state index < -0.39 is 0 Å². The normalized spacial score (nSPS) is 24.7. The minimum atomic E-state index is -0.248. The second-order valence-electron chi connectivity index (χ2n) is 6.22. The van der Waals surface area contributed by atoms with E-state index in [4.69, 9.17) is 9.47 Å². The van der Waals surface area contributed by atoms with E-state index >= 15 is 0 Å². The van der Waals surface area contributed by atoms with E-state index in [1.54, 1.807) is 0 Å². The summed E-state index contributed by atoms with van der Waals surface area (Å²) < 4.78 is 11.7. The third kappa shape index (κ3) is 2.44. The lowest BCUT2D eigenvalue weighted by Gasteiger charge is -2.42. The summed E-state index contributed by atoms with van der Waals surface area (Å²) in [5.41, 5.74) is 3.21. The van der Waals surface area contributed by atoms with Gasteiger partial charge in [0.2, 0.25) is 0 Å². The fraction of sp³-hybridized carbons (Fsp3) is 0.647. The molecule has 2 aliphatic rings. The molecule has 2 heteroatoms. The van der Waals surface area contributed by atoms with E-state index in [1.165, 1.54) is 11.1 Å². The first-order chi connectivity index (χ1) is 9.16. The van der Waals surface area contributed by atoms with E-state index in [-0.39, 0.29) is 11.2 Å². The Balaban J connectivity index is 1.77. The molecule has 1 aliphatic heterocycles. The fourth-order valence-corrected chi connectivity index (χ4v) is 3.42. The zero-order valence-corrected chi connectivity index (χ0v) is 12.1. The van der Waals surface area contributed by atoms with E-state index in [0.717, 1.165) is 45.3 Å². The van der Waals surface area contributed by atoms with E-state index in [2.05, 4.69) is 38.1 Å². The Hall–Kier alpha value is -0.860. The smallest absolute Gasteiger partial charge is 0.168 e. The molecule has 0 aromatic heterocycles. The van der Waals surface area contributed by atoms with Crippen LogP contribution in [0.4, 0.5) is 0 Å². The maximum absolute atomic E-state index is 5.83. The lowest BCUT2D eigenvalue weighted by Crippen LogP contribution is -2.40. The van der Waals surface area contributed by atoms with Crippen LogP contribution in [0.3, 0.4) is 0 Å². The molecule has 0 unspecified atom stereocenters. The van der Waals surface area contributed by atoms with Crippen LogP contribution in [-0.4, -0.2) is 19.0 Å². The number of benzene rings is 1. The van der Waals surface area contributed by atoms with Gasteiger partial charge in [0.1, 0.15) is 0 Å². The molecule has 3 rings (SSSR count). The largest absolute Gasteiger partial charge is 0.348 e. The van der Waals surface area contributed by atoms with E-state index in [1.807, 2.05) is 0 Å². The highest BCUT2D eigenvalue weighted by atomic mass is 16.7. The first-order valence-corrected chi connectivity index (χ1v) is 7.53. The van der Waals surface area contributed by atoms with Crippen molar-refractivity contribution in [2.75, 3.05) is 13.2 Å². The summed E-state index contributed by atoms with van der Waals surface area (Å²) in [5.74, 6) is -0.248. The van der Waals surface area contributed by atoms with Gasteiger partial charge >= 0.3 is 0 Å². The molecular formula is C17H24O2. The van der Waals surface area contributed by atoms with Gasteiger partial charge in [-0.3, -0.25) is 0 Å². The van der Waals surface area contributed by atoms with Crippen molar-refractivity contribution in [2.24, 2.45) is 0 Å². The maximum atomic E-state index is 5.83. The third-order valence-electron chi connectivity index (χ3n) is 4.96. The van der Waals surface area contributed by atoms with Crippen molar-refractivity contribution in [1.82, 2.24) is 0 Å². The number of ether oxygens (including phenoxy) is 2. The Kier molecular flexibility index (Phi) is 3.40. The molecule has 19 heavy (non-hydrogen) atoms. The fourth-order valence-electron chi connectivity index (χ4n) is 3.42. The highest BCUT2D eigenvalue weighted by Crippen LogP contribution is 2.46. The summed E-state index contributed by atoms with van der Waals surface area (Å²) >= 11 is 0. The number of aryl methyl sites for hydroxylation is 1. The summed E-state index contributed by atoms with van der Waals surface area (Å²) in [6, 6.07) is 9.09. The molecular weight excluding hydrogens is 236 g/mol. The van der Waals surface area contributed by atoms with Crippen molar-refractivity contribution < 1.29 is 9.47 Å². The zero-order valence-electron chi connectivity index (χ0n) is 12.1. The quantitative estimate of drug-likeness (QED) is 0.804. The molecule has 1 heterocycles. The van der Waals surface area contributed by atoms with Crippen LogP contribution >= 0.6 is 0 Å². The third-order valence-corrected chi connectivity index (χ3v) is 4.96. The van der Waals surface area contributed by atoms with Gasteiger partial charge < -0.3 is 9.47 Å². The van der Waals surface area contributed by atoms with Gasteiger partial charge in [0, 0.05) is 12.8 Å². The maximum Gasteiger partial charge on any atom is 0.168 e. The van der Waals surface area contributed by atoms with Crippen LogP contribution in [0.2, 0.25) is 0 Å². The SMILES string of the molecule is CCc1cccc(C2(C)CCC3(CC2)OCCO3)c1. The standard InChI is InChI=1S/C17H24O2/c1-3-14-5-4-6-15(13-14)16(2)7-9-17(10-8-16)18-11-12-19-17/h4-6,13H,3,7-12H2,1-2H3. The predicted molar refractivity (Wildman–Crippen MR) is 76.3 cm³/mol. The molecule has 0 bridgehead atoms. The number of hydrogen-bond donors (Lipinski definition) is 0. The van der Waals surface area contributed by atoms with Gasteiger partial charge in [-0.25, -0.2) is 0 Å². The molecule has 2 fully saturated rings. The average molecular weight is 260 g/mol. The van der Waals surface area contributed by atoms with Gasteiger partial charge in [0.05, 0.1) is 13.2 Å². The molecule has 2 nitrogen and oxygen atoms in total. The average Bonchev–Trinajstić information content (AvgIpc) is 2.92. The lowest BCUT2D eigenvalue weighted by molar-refractivity contribution is -0.184. The van der Waals surface area contributed by atoms with Gasteiger partial charge in [0.15, 0.2) is 5.79 Å². The van der Waals surface area contributed by atoms with Crippen LogP contribution in [-0.2, 0) is 21.3 Å². The van der Waals surface area contributed by atoms with Crippen molar-refractivity contribution in [2.45, 2.75) is 57.2 Å².